The molecule has 48 heavy (non-hydrogen) atoms. The van der Waals surface area contributed by atoms with Crippen molar-refractivity contribution in [3.8, 4) is 12.1 Å². The molecular formula is C24H30N6O16Rh2. The van der Waals surface area contributed by atoms with Crippen LogP contribution in [0, 0.1) is 22.7 Å². The SMILES string of the molecule is CC#N.CC#N.COC(=O)[C@@H]1COC(=O)[N-]1.COC(=O)[C@@H]1COC(=O)[N-]1.COC(=O)[C@@H]1COC(=O)[N-]1.COC(=O)[C@@H]1COC(=O)[N-]1.[Rh+2].[Rh+2]. The van der Waals surface area contributed by atoms with E-state index in [4.69, 9.17) is 10.5 Å². The monoisotopic (exact) mass is 864 g/mol. The third-order valence-electron chi connectivity index (χ3n) is 4.40. The molecule has 2 radical (unpaired) electrons. The molecule has 4 atom stereocenters. The Morgan fingerprint density at radius 2 is 0.667 bits per heavy atom. The fourth-order valence-electron chi connectivity index (χ4n) is 2.44. The number of ether oxygens (including phenoxy) is 8. The average molecular weight is 864 g/mol. The van der Waals surface area contributed by atoms with Crippen molar-refractivity contribution < 1.29 is 115 Å². The van der Waals surface area contributed by atoms with E-state index in [0.29, 0.717) is 0 Å². The molecule has 4 rings (SSSR count). The summed E-state index contributed by atoms with van der Waals surface area (Å²) < 4.78 is 34.8. The number of nitrogens with zero attached hydrogens (tertiary/aromatic N) is 6. The number of amides is 4. The number of carbonyl (C=O) groups is 8. The van der Waals surface area contributed by atoms with Crippen LogP contribution < -0.4 is 0 Å². The number of carbonyl (C=O) groups excluding carboxylic acids is 8. The zero-order valence-electron chi connectivity index (χ0n) is 26.0. The quantitative estimate of drug-likeness (QED) is 0.218. The smallest absolute Gasteiger partial charge is 0.603 e. The molecule has 4 saturated heterocycles. The van der Waals surface area contributed by atoms with Crippen LogP contribution in [-0.2, 0) is 96.0 Å². The molecule has 0 aromatic carbocycles. The predicted molar refractivity (Wildman–Crippen MR) is 145 cm³/mol. The van der Waals surface area contributed by atoms with Gasteiger partial charge in [-0.25, -0.2) is 0 Å². The Hall–Kier alpha value is -4.81. The van der Waals surface area contributed by atoms with E-state index in [2.05, 4.69) is 59.2 Å². The first-order valence-electron chi connectivity index (χ1n) is 12.2. The van der Waals surface area contributed by atoms with E-state index < -0.39 is 72.4 Å². The molecular weight excluding hydrogens is 834 g/mol. The van der Waals surface area contributed by atoms with Gasteiger partial charge in [0.25, 0.3) is 23.9 Å². The summed E-state index contributed by atoms with van der Waals surface area (Å²) in [5.74, 6) is -2.14. The van der Waals surface area contributed by atoms with Crippen LogP contribution in [-0.4, -0.2) is 127 Å². The largest absolute Gasteiger partial charge is 2.00 e. The van der Waals surface area contributed by atoms with Crippen LogP contribution in [0.25, 0.3) is 21.3 Å². The summed E-state index contributed by atoms with van der Waals surface area (Å²) in [6, 6.07) is 0.491. The van der Waals surface area contributed by atoms with Crippen LogP contribution in [0.5, 0.6) is 0 Å². The first-order chi connectivity index (χ1) is 21.8. The molecule has 0 aromatic rings. The molecule has 4 fully saturated rings. The molecule has 0 N–H and O–H groups in total. The maximum atomic E-state index is 10.6. The fourth-order valence-corrected chi connectivity index (χ4v) is 2.44. The molecule has 270 valence electrons. The minimum atomic E-state index is -0.752. The summed E-state index contributed by atoms with van der Waals surface area (Å²) in [6.07, 6.45) is -2.79. The Morgan fingerprint density at radius 1 is 0.521 bits per heavy atom. The number of rotatable bonds is 4. The third kappa shape index (κ3) is 21.8. The maximum absolute atomic E-state index is 10.6. The van der Waals surface area contributed by atoms with Crippen molar-refractivity contribution in [2.75, 3.05) is 54.9 Å². The van der Waals surface area contributed by atoms with E-state index in [1.165, 1.54) is 42.3 Å². The second-order valence-corrected chi connectivity index (χ2v) is 7.43. The molecule has 24 heteroatoms. The number of esters is 4. The molecule has 0 bridgehead atoms. The zero-order valence-corrected chi connectivity index (χ0v) is 29.3. The minimum Gasteiger partial charge on any atom is -0.603 e. The molecule has 4 aliphatic rings. The normalized spacial score (nSPS) is 19.8. The van der Waals surface area contributed by atoms with E-state index in [1.54, 1.807) is 12.1 Å². The van der Waals surface area contributed by atoms with Crippen molar-refractivity contribution >= 4 is 48.3 Å². The zero-order chi connectivity index (χ0) is 35.7. The first kappa shape index (κ1) is 50.1. The van der Waals surface area contributed by atoms with Crippen LogP contribution in [0.4, 0.5) is 19.2 Å². The topological polar surface area (TPSA) is 314 Å². The van der Waals surface area contributed by atoms with Gasteiger partial charge in [-0.05, 0) is 0 Å². The number of hydrogen-bond donors (Lipinski definition) is 0. The molecule has 22 nitrogen and oxygen atoms in total. The second kappa shape index (κ2) is 29.6. The Morgan fingerprint density at radius 3 is 0.750 bits per heavy atom. The molecule has 0 aliphatic carbocycles. The summed E-state index contributed by atoms with van der Waals surface area (Å²) in [5, 5.41) is 27.9. The van der Waals surface area contributed by atoms with Crippen LogP contribution in [0.3, 0.4) is 0 Å². The second-order valence-electron chi connectivity index (χ2n) is 7.43. The molecule has 0 spiro atoms. The molecule has 0 unspecified atom stereocenters. The van der Waals surface area contributed by atoms with E-state index in [9.17, 15) is 38.4 Å². The summed E-state index contributed by atoms with van der Waals surface area (Å²) in [4.78, 5) is 83.6. The molecule has 0 aromatic heterocycles. The van der Waals surface area contributed by atoms with Gasteiger partial charge >= 0.3 is 39.0 Å². The fraction of sp³-hybridized carbons (Fsp3) is 0.583. The summed E-state index contributed by atoms with van der Waals surface area (Å²) >= 11 is 0. The van der Waals surface area contributed by atoms with Crippen LogP contribution in [0.2, 0.25) is 0 Å². The molecule has 0 saturated carbocycles. The standard InChI is InChI=1S/4C5H7NO4.2C2H3N.2Rh/c4*1-9-4(7)3-2-10-5(8)6-3;2*1-2-3;;/h4*3H,2H2,1H3,(H,6,8);2*1H3;;/q;;;;;;2*+2/p-4/t4*3-;;;;/m0000..../s1. The predicted octanol–water partition coefficient (Wildman–Crippen LogP) is 1.26. The number of nitriles is 2. The van der Waals surface area contributed by atoms with Gasteiger partial charge < -0.3 is 59.2 Å². The number of methoxy groups -OCH3 is 4. The number of cyclic esters (lactones) is 4. The van der Waals surface area contributed by atoms with Crippen LogP contribution >= 0.6 is 0 Å². The molecule has 4 amide bonds. The van der Waals surface area contributed by atoms with Crippen molar-refractivity contribution in [1.29, 1.82) is 10.5 Å². The molecule has 4 aliphatic heterocycles. The van der Waals surface area contributed by atoms with Gasteiger partial charge in [-0.2, -0.15) is 10.5 Å². The van der Waals surface area contributed by atoms with Gasteiger partial charge in [-0.15, -0.1) is 0 Å². The van der Waals surface area contributed by atoms with Crippen molar-refractivity contribution in [3.05, 3.63) is 21.3 Å². The van der Waals surface area contributed by atoms with E-state index in [0.717, 1.165) is 0 Å². The van der Waals surface area contributed by atoms with Crippen molar-refractivity contribution in [3.63, 3.8) is 0 Å². The summed E-state index contributed by atoms with van der Waals surface area (Å²) in [5.41, 5.74) is 0. The van der Waals surface area contributed by atoms with Crippen molar-refractivity contribution in [1.82, 2.24) is 0 Å². The Kier molecular flexibility index (Phi) is 30.8. The van der Waals surface area contributed by atoms with Crippen LogP contribution in [0.15, 0.2) is 0 Å². The first-order valence-corrected chi connectivity index (χ1v) is 12.2. The summed E-state index contributed by atoms with van der Waals surface area (Å²) in [7, 11) is 4.95. The van der Waals surface area contributed by atoms with Gasteiger partial charge in [0, 0.05) is 38.0 Å². The summed E-state index contributed by atoms with van der Waals surface area (Å²) in [6.45, 7) is 2.88. The van der Waals surface area contributed by atoms with Gasteiger partial charge in [0.1, 0.15) is 0 Å². The van der Waals surface area contributed by atoms with E-state index in [-0.39, 0.29) is 65.4 Å². The number of hydrogen-bond acceptors (Lipinski definition) is 18. The minimum absolute atomic E-state index is 0. The Labute approximate surface area is 299 Å². The van der Waals surface area contributed by atoms with E-state index in [1.807, 2.05) is 0 Å². The van der Waals surface area contributed by atoms with Gasteiger partial charge in [-0.1, -0.05) is 0 Å². The van der Waals surface area contributed by atoms with Gasteiger partial charge in [-0.3, -0.25) is 38.4 Å². The van der Waals surface area contributed by atoms with Crippen molar-refractivity contribution in [2.24, 2.45) is 0 Å². The van der Waals surface area contributed by atoms with Crippen LogP contribution in [0.1, 0.15) is 13.8 Å². The maximum Gasteiger partial charge on any atom is 2.00 e. The van der Waals surface area contributed by atoms with Gasteiger partial charge in [0.2, 0.25) is 24.4 Å². The third-order valence-corrected chi connectivity index (χ3v) is 4.40. The Bertz CT molecular complexity index is 998. The van der Waals surface area contributed by atoms with E-state index >= 15 is 0 Å². The van der Waals surface area contributed by atoms with Crippen molar-refractivity contribution in [2.45, 2.75) is 38.0 Å². The van der Waals surface area contributed by atoms with Gasteiger partial charge in [0.15, 0.2) is 0 Å². The average Bonchev–Trinajstić information content (AvgIpc) is 3.86. The Balaban J connectivity index is -0.000000251. The van der Waals surface area contributed by atoms with Gasteiger partial charge in [0.05, 0.1) is 67.0 Å². The molecule has 4 heterocycles.